The summed E-state index contributed by atoms with van der Waals surface area (Å²) in [5.74, 6) is 1.43. The molecule has 0 spiro atoms. The summed E-state index contributed by atoms with van der Waals surface area (Å²) in [6.07, 6.45) is 11.0. The molecule has 0 saturated carbocycles. The van der Waals surface area contributed by atoms with Crippen molar-refractivity contribution in [3.8, 4) is 22.3 Å². The lowest BCUT2D eigenvalue weighted by molar-refractivity contribution is 0.880. The Labute approximate surface area is 214 Å². The van der Waals surface area contributed by atoms with Gasteiger partial charge in [-0.05, 0) is 64.0 Å². The summed E-state index contributed by atoms with van der Waals surface area (Å²) in [5.41, 5.74) is 8.73. The maximum absolute atomic E-state index is 4.97. The van der Waals surface area contributed by atoms with Crippen molar-refractivity contribution in [3.63, 3.8) is 0 Å². The van der Waals surface area contributed by atoms with E-state index in [1.54, 1.807) is 0 Å². The van der Waals surface area contributed by atoms with Gasteiger partial charge in [0.05, 0.1) is 11.4 Å². The molecular weight excluding hydrogens is 456 g/mol. The fourth-order valence-corrected chi connectivity index (χ4v) is 7.42. The summed E-state index contributed by atoms with van der Waals surface area (Å²) >= 11 is 1.98. The van der Waals surface area contributed by atoms with Gasteiger partial charge in [-0.3, -0.25) is 4.90 Å². The molecule has 2 nitrogen and oxygen atoms in total. The quantitative estimate of drug-likeness (QED) is 0.247. The third-order valence-electron chi connectivity index (χ3n) is 7.55. The van der Waals surface area contributed by atoms with Crippen molar-refractivity contribution in [2.75, 3.05) is 4.90 Å². The average Bonchev–Trinajstić information content (AvgIpc) is 3.33. The smallest absolute Gasteiger partial charge is 0.145 e. The Hall–Kier alpha value is -4.08. The summed E-state index contributed by atoms with van der Waals surface area (Å²) in [6.45, 7) is 0. The zero-order valence-electron chi connectivity index (χ0n) is 19.5. The first-order valence-corrected chi connectivity index (χ1v) is 13.3. The predicted octanol–water partition coefficient (Wildman–Crippen LogP) is 9.04. The molecule has 1 aromatic heterocycles. The van der Waals surface area contributed by atoms with E-state index in [4.69, 9.17) is 4.98 Å². The van der Waals surface area contributed by atoms with Crippen LogP contribution in [0.15, 0.2) is 126 Å². The number of allylic oxidation sites excluding steroid dienone is 3. The number of aromatic nitrogens is 1. The van der Waals surface area contributed by atoms with Gasteiger partial charge in [0.15, 0.2) is 0 Å². The highest BCUT2D eigenvalue weighted by Crippen LogP contribution is 2.57. The standard InChI is InChI=1S/C33H22N2S/c1-2-9-21(10-3-1)23-19-22-11-6-15-28-31(22)27(20-23)26-14-8-18-34-33(26)35(28)29-16-7-13-25-24-12-4-5-17-30(24)36-32(25)29/h1-20,24,30H. The fraction of sp³-hybridized carbons (Fsp3) is 0.0606. The zero-order chi connectivity index (χ0) is 23.6. The molecule has 3 heterocycles. The Morgan fingerprint density at radius 3 is 2.50 bits per heavy atom. The van der Waals surface area contributed by atoms with E-state index in [0.717, 1.165) is 5.82 Å². The minimum atomic E-state index is 0.430. The van der Waals surface area contributed by atoms with Gasteiger partial charge in [-0.2, -0.15) is 0 Å². The van der Waals surface area contributed by atoms with Crippen LogP contribution < -0.4 is 4.90 Å². The molecule has 0 N–H and O–H groups in total. The molecule has 3 aliphatic rings. The van der Waals surface area contributed by atoms with Crippen molar-refractivity contribution >= 4 is 39.7 Å². The number of hydrogen-bond donors (Lipinski definition) is 0. The second-order valence-electron chi connectivity index (χ2n) is 9.55. The number of benzene rings is 4. The molecule has 0 fully saturated rings. The van der Waals surface area contributed by atoms with Crippen LogP contribution in [0.2, 0.25) is 0 Å². The summed E-state index contributed by atoms with van der Waals surface area (Å²) < 4.78 is 0. The van der Waals surface area contributed by atoms with Gasteiger partial charge in [0.25, 0.3) is 0 Å². The van der Waals surface area contributed by atoms with Crippen LogP contribution >= 0.6 is 11.8 Å². The molecule has 0 amide bonds. The van der Waals surface area contributed by atoms with Gasteiger partial charge in [0, 0.05) is 33.2 Å². The Bertz CT molecular complexity index is 1730. The van der Waals surface area contributed by atoms with E-state index in [-0.39, 0.29) is 0 Å². The number of fused-ring (bicyclic) bond motifs is 5. The molecule has 0 radical (unpaired) electrons. The molecule has 0 bridgehead atoms. The second kappa shape index (κ2) is 7.71. The summed E-state index contributed by atoms with van der Waals surface area (Å²) in [7, 11) is 0. The van der Waals surface area contributed by atoms with Gasteiger partial charge in [0.2, 0.25) is 0 Å². The van der Waals surface area contributed by atoms with E-state index < -0.39 is 0 Å². The van der Waals surface area contributed by atoms with E-state index in [0.29, 0.717) is 11.2 Å². The number of nitrogens with zero attached hydrogens (tertiary/aromatic N) is 2. The normalized spacial score (nSPS) is 18.7. The lowest BCUT2D eigenvalue weighted by Crippen LogP contribution is -2.17. The molecular formula is C33H22N2S. The van der Waals surface area contributed by atoms with Crippen LogP contribution in [0.5, 0.6) is 0 Å². The van der Waals surface area contributed by atoms with Crippen molar-refractivity contribution in [3.05, 3.63) is 127 Å². The van der Waals surface area contributed by atoms with Gasteiger partial charge in [-0.25, -0.2) is 4.98 Å². The maximum atomic E-state index is 4.97. The topological polar surface area (TPSA) is 16.1 Å². The Kier molecular flexibility index (Phi) is 4.31. The molecule has 2 atom stereocenters. The molecule has 2 unspecified atom stereocenters. The fourth-order valence-electron chi connectivity index (χ4n) is 5.97. The number of anilines is 3. The highest BCUT2D eigenvalue weighted by Gasteiger charge is 2.36. The van der Waals surface area contributed by atoms with E-state index >= 15 is 0 Å². The molecule has 0 saturated heterocycles. The largest absolute Gasteiger partial charge is 0.293 e. The van der Waals surface area contributed by atoms with E-state index in [2.05, 4.69) is 120 Å². The van der Waals surface area contributed by atoms with Crippen molar-refractivity contribution in [1.82, 2.24) is 4.98 Å². The molecule has 8 rings (SSSR count). The molecule has 2 aliphatic heterocycles. The van der Waals surface area contributed by atoms with Gasteiger partial charge in [0.1, 0.15) is 5.82 Å². The first kappa shape index (κ1) is 20.1. The minimum Gasteiger partial charge on any atom is -0.293 e. The number of rotatable bonds is 2. The molecule has 5 aromatic rings. The summed E-state index contributed by atoms with van der Waals surface area (Å²) in [5, 5.41) is 2.99. The van der Waals surface area contributed by atoms with Gasteiger partial charge in [-0.1, -0.05) is 78.9 Å². The first-order chi connectivity index (χ1) is 17.9. The Morgan fingerprint density at radius 1 is 0.694 bits per heavy atom. The first-order valence-electron chi connectivity index (χ1n) is 12.4. The van der Waals surface area contributed by atoms with Crippen LogP contribution in [0, 0.1) is 0 Å². The maximum Gasteiger partial charge on any atom is 0.145 e. The van der Waals surface area contributed by atoms with Crippen LogP contribution in [0.1, 0.15) is 11.5 Å². The molecule has 3 heteroatoms. The Balaban J connectivity index is 1.40. The van der Waals surface area contributed by atoms with Crippen LogP contribution in [-0.2, 0) is 0 Å². The third-order valence-corrected chi connectivity index (χ3v) is 8.96. The van der Waals surface area contributed by atoms with Gasteiger partial charge >= 0.3 is 0 Å². The lowest BCUT2D eigenvalue weighted by Gasteiger charge is -2.33. The highest BCUT2D eigenvalue weighted by atomic mass is 32.2. The number of thioether (sulfide) groups is 1. The Morgan fingerprint density at radius 2 is 1.56 bits per heavy atom. The van der Waals surface area contributed by atoms with Crippen molar-refractivity contribution in [2.45, 2.75) is 16.1 Å². The van der Waals surface area contributed by atoms with Gasteiger partial charge in [-0.15, -0.1) is 11.8 Å². The van der Waals surface area contributed by atoms with E-state index in [1.807, 2.05) is 18.0 Å². The van der Waals surface area contributed by atoms with Crippen LogP contribution in [-0.4, -0.2) is 10.2 Å². The van der Waals surface area contributed by atoms with Crippen molar-refractivity contribution in [1.29, 1.82) is 0 Å². The highest BCUT2D eigenvalue weighted by molar-refractivity contribution is 8.00. The molecule has 36 heavy (non-hydrogen) atoms. The second-order valence-corrected chi connectivity index (χ2v) is 10.7. The van der Waals surface area contributed by atoms with Crippen LogP contribution in [0.25, 0.3) is 33.0 Å². The van der Waals surface area contributed by atoms with E-state index in [9.17, 15) is 0 Å². The van der Waals surface area contributed by atoms with Crippen molar-refractivity contribution < 1.29 is 0 Å². The molecule has 1 aliphatic carbocycles. The lowest BCUT2D eigenvalue weighted by atomic mass is 9.88. The van der Waals surface area contributed by atoms with Gasteiger partial charge < -0.3 is 0 Å². The summed E-state index contributed by atoms with van der Waals surface area (Å²) in [6, 6.07) is 33.0. The monoisotopic (exact) mass is 478 g/mol. The zero-order valence-corrected chi connectivity index (χ0v) is 20.3. The number of pyridine rings is 1. The molecule has 4 aromatic carbocycles. The molecule has 170 valence electrons. The predicted molar refractivity (Wildman–Crippen MR) is 152 cm³/mol. The third kappa shape index (κ3) is 2.84. The average molecular weight is 479 g/mol. The SMILES string of the molecule is C1=CC2Sc3c(cccc3N3c4ncccc4-c4cc(-c5ccccc5)cc5cccc3c45)C2C=C1. The van der Waals surface area contributed by atoms with Crippen LogP contribution in [0.3, 0.4) is 0 Å². The number of hydrogen-bond acceptors (Lipinski definition) is 3. The van der Waals surface area contributed by atoms with Crippen LogP contribution in [0.4, 0.5) is 17.2 Å². The van der Waals surface area contributed by atoms with E-state index in [1.165, 1.54) is 54.9 Å². The summed E-state index contributed by atoms with van der Waals surface area (Å²) in [4.78, 5) is 8.73. The minimum absolute atomic E-state index is 0.430. The van der Waals surface area contributed by atoms with Crippen molar-refractivity contribution in [2.24, 2.45) is 0 Å².